The largest absolute Gasteiger partial charge is 0.377 e. The number of benzene rings is 1. The molecule has 0 radical (unpaired) electrons. The zero-order valence-electron chi connectivity index (χ0n) is 13.4. The minimum Gasteiger partial charge on any atom is -0.377 e. The van der Waals surface area contributed by atoms with E-state index in [1.165, 1.54) is 11.1 Å². The standard InChI is InChI=1S/C18H23ClN2/c1-12-10-16(11-20-17(12)19)21-13(2)14-6-8-15(9-7-14)18(3,4)5/h6-11,13,21H,1-5H3. The van der Waals surface area contributed by atoms with Crippen LogP contribution in [-0.4, -0.2) is 4.98 Å². The summed E-state index contributed by atoms with van der Waals surface area (Å²) in [5, 5.41) is 4.02. The van der Waals surface area contributed by atoms with Gasteiger partial charge in [-0.3, -0.25) is 0 Å². The van der Waals surface area contributed by atoms with Gasteiger partial charge in [-0.2, -0.15) is 0 Å². The monoisotopic (exact) mass is 302 g/mol. The van der Waals surface area contributed by atoms with Gasteiger partial charge in [0.05, 0.1) is 11.9 Å². The Balaban J connectivity index is 2.13. The van der Waals surface area contributed by atoms with E-state index in [0.717, 1.165) is 11.3 Å². The third kappa shape index (κ3) is 3.98. The van der Waals surface area contributed by atoms with Crippen LogP contribution in [0.4, 0.5) is 5.69 Å². The van der Waals surface area contributed by atoms with Gasteiger partial charge in [0.1, 0.15) is 5.15 Å². The molecule has 21 heavy (non-hydrogen) atoms. The van der Waals surface area contributed by atoms with Crippen molar-refractivity contribution >= 4 is 17.3 Å². The highest BCUT2D eigenvalue weighted by Crippen LogP contribution is 2.26. The summed E-state index contributed by atoms with van der Waals surface area (Å²) in [6.45, 7) is 10.8. The molecule has 0 saturated heterocycles. The second kappa shape index (κ2) is 6.07. The van der Waals surface area contributed by atoms with Gasteiger partial charge in [-0.1, -0.05) is 56.6 Å². The Morgan fingerprint density at radius 2 is 1.76 bits per heavy atom. The Labute approximate surface area is 132 Å². The Morgan fingerprint density at radius 3 is 2.29 bits per heavy atom. The van der Waals surface area contributed by atoms with Gasteiger partial charge in [0.25, 0.3) is 0 Å². The van der Waals surface area contributed by atoms with Gasteiger partial charge >= 0.3 is 0 Å². The van der Waals surface area contributed by atoms with Crippen molar-refractivity contribution in [2.45, 2.75) is 46.1 Å². The Bertz CT molecular complexity index is 612. The highest BCUT2D eigenvalue weighted by atomic mass is 35.5. The van der Waals surface area contributed by atoms with Gasteiger partial charge in [0.2, 0.25) is 0 Å². The molecule has 2 aromatic rings. The quantitative estimate of drug-likeness (QED) is 0.756. The number of pyridine rings is 1. The summed E-state index contributed by atoms with van der Waals surface area (Å²) in [5.41, 5.74) is 4.77. The van der Waals surface area contributed by atoms with Crippen molar-refractivity contribution in [2.24, 2.45) is 0 Å². The summed E-state index contributed by atoms with van der Waals surface area (Å²) in [6.07, 6.45) is 1.77. The summed E-state index contributed by atoms with van der Waals surface area (Å²) >= 11 is 5.96. The third-order valence-electron chi connectivity index (χ3n) is 3.67. The van der Waals surface area contributed by atoms with Crippen LogP contribution in [0.3, 0.4) is 0 Å². The SMILES string of the molecule is Cc1cc(NC(C)c2ccc(C(C)(C)C)cc2)cnc1Cl. The maximum absolute atomic E-state index is 5.96. The van der Waals surface area contributed by atoms with E-state index in [1.807, 2.05) is 13.0 Å². The molecule has 1 atom stereocenters. The van der Waals surface area contributed by atoms with E-state index < -0.39 is 0 Å². The normalized spacial score (nSPS) is 13.0. The lowest BCUT2D eigenvalue weighted by atomic mass is 9.86. The third-order valence-corrected chi connectivity index (χ3v) is 4.07. The average molecular weight is 303 g/mol. The fraction of sp³-hybridized carbons (Fsp3) is 0.389. The number of aromatic nitrogens is 1. The summed E-state index contributed by atoms with van der Waals surface area (Å²) in [5.74, 6) is 0. The molecule has 112 valence electrons. The summed E-state index contributed by atoms with van der Waals surface area (Å²) < 4.78 is 0. The van der Waals surface area contributed by atoms with Crippen LogP contribution in [0.15, 0.2) is 36.5 Å². The molecule has 0 aliphatic carbocycles. The zero-order chi connectivity index (χ0) is 15.6. The Hall–Kier alpha value is -1.54. The fourth-order valence-corrected chi connectivity index (χ4v) is 2.35. The number of hydrogen-bond acceptors (Lipinski definition) is 2. The first-order valence-corrected chi connectivity index (χ1v) is 7.64. The van der Waals surface area contributed by atoms with Crippen molar-refractivity contribution in [1.82, 2.24) is 4.98 Å². The van der Waals surface area contributed by atoms with E-state index in [-0.39, 0.29) is 11.5 Å². The highest BCUT2D eigenvalue weighted by Gasteiger charge is 2.14. The van der Waals surface area contributed by atoms with Crippen LogP contribution in [0.5, 0.6) is 0 Å². The van der Waals surface area contributed by atoms with E-state index in [1.54, 1.807) is 6.20 Å². The topological polar surface area (TPSA) is 24.9 Å². The molecule has 0 fully saturated rings. The van der Waals surface area contributed by atoms with E-state index in [9.17, 15) is 0 Å². The maximum Gasteiger partial charge on any atom is 0.132 e. The van der Waals surface area contributed by atoms with Crippen molar-refractivity contribution in [1.29, 1.82) is 0 Å². The predicted molar refractivity (Wildman–Crippen MR) is 91.2 cm³/mol. The molecule has 0 aliphatic rings. The molecule has 2 rings (SSSR count). The molecule has 0 aliphatic heterocycles. The van der Waals surface area contributed by atoms with Gasteiger partial charge in [0.15, 0.2) is 0 Å². The van der Waals surface area contributed by atoms with Crippen LogP contribution in [0.1, 0.15) is 50.4 Å². The second-order valence-corrected chi connectivity index (χ2v) is 6.93. The van der Waals surface area contributed by atoms with Crippen LogP contribution in [-0.2, 0) is 5.41 Å². The lowest BCUT2D eigenvalue weighted by molar-refractivity contribution is 0.589. The van der Waals surface area contributed by atoms with E-state index in [4.69, 9.17) is 11.6 Å². The van der Waals surface area contributed by atoms with E-state index >= 15 is 0 Å². The summed E-state index contributed by atoms with van der Waals surface area (Å²) in [4.78, 5) is 4.17. The lowest BCUT2D eigenvalue weighted by Gasteiger charge is -2.21. The zero-order valence-corrected chi connectivity index (χ0v) is 14.1. The van der Waals surface area contributed by atoms with Crippen molar-refractivity contribution in [3.05, 3.63) is 58.4 Å². The number of rotatable bonds is 3. The van der Waals surface area contributed by atoms with Gasteiger partial charge in [0, 0.05) is 6.04 Å². The molecule has 3 heteroatoms. The first kappa shape index (κ1) is 15.8. The molecule has 0 spiro atoms. The minimum absolute atomic E-state index is 0.187. The van der Waals surface area contributed by atoms with E-state index in [0.29, 0.717) is 5.15 Å². The second-order valence-electron chi connectivity index (χ2n) is 6.57. The molecular weight excluding hydrogens is 280 g/mol. The summed E-state index contributed by atoms with van der Waals surface area (Å²) in [7, 11) is 0. The number of anilines is 1. The molecule has 1 aromatic heterocycles. The minimum atomic E-state index is 0.187. The molecule has 0 amide bonds. The first-order chi connectivity index (χ1) is 9.77. The van der Waals surface area contributed by atoms with Gasteiger partial charge in [-0.05, 0) is 42.0 Å². The molecule has 1 aromatic carbocycles. The maximum atomic E-state index is 5.96. The molecule has 2 nitrogen and oxygen atoms in total. The van der Waals surface area contributed by atoms with Crippen molar-refractivity contribution in [2.75, 3.05) is 5.32 Å². The van der Waals surface area contributed by atoms with Crippen LogP contribution >= 0.6 is 11.6 Å². The van der Waals surface area contributed by atoms with Crippen LogP contribution < -0.4 is 5.32 Å². The van der Waals surface area contributed by atoms with Gasteiger partial charge in [-0.25, -0.2) is 4.98 Å². The average Bonchev–Trinajstić information content (AvgIpc) is 2.42. The van der Waals surface area contributed by atoms with Crippen molar-refractivity contribution < 1.29 is 0 Å². The molecule has 0 bridgehead atoms. The number of nitrogens with zero attached hydrogens (tertiary/aromatic N) is 1. The number of nitrogens with one attached hydrogen (secondary N) is 1. The fourth-order valence-electron chi connectivity index (χ4n) is 2.24. The van der Waals surface area contributed by atoms with Gasteiger partial charge < -0.3 is 5.32 Å². The Morgan fingerprint density at radius 1 is 1.14 bits per heavy atom. The van der Waals surface area contributed by atoms with E-state index in [2.05, 4.69) is 62.3 Å². The number of halogens is 1. The van der Waals surface area contributed by atoms with Crippen molar-refractivity contribution in [3.63, 3.8) is 0 Å². The smallest absolute Gasteiger partial charge is 0.132 e. The van der Waals surface area contributed by atoms with Crippen LogP contribution in [0.2, 0.25) is 5.15 Å². The molecule has 0 saturated carbocycles. The highest BCUT2D eigenvalue weighted by molar-refractivity contribution is 6.30. The first-order valence-electron chi connectivity index (χ1n) is 7.26. The molecule has 1 N–H and O–H groups in total. The van der Waals surface area contributed by atoms with Crippen molar-refractivity contribution in [3.8, 4) is 0 Å². The molecular formula is C18H23ClN2. The number of hydrogen-bond donors (Lipinski definition) is 1. The molecule has 1 unspecified atom stereocenters. The Kier molecular flexibility index (Phi) is 4.58. The predicted octanol–water partition coefficient (Wildman–Crippen LogP) is 5.51. The number of aryl methyl sites for hydroxylation is 1. The molecule has 1 heterocycles. The lowest BCUT2D eigenvalue weighted by Crippen LogP contribution is -2.12. The van der Waals surface area contributed by atoms with Gasteiger partial charge in [-0.15, -0.1) is 0 Å². The van der Waals surface area contributed by atoms with Crippen LogP contribution in [0.25, 0.3) is 0 Å². The van der Waals surface area contributed by atoms with Crippen LogP contribution in [0, 0.1) is 6.92 Å². The summed E-state index contributed by atoms with van der Waals surface area (Å²) in [6, 6.07) is 11.0.